The summed E-state index contributed by atoms with van der Waals surface area (Å²) in [6.45, 7) is 2.18. The van der Waals surface area contributed by atoms with Crippen molar-refractivity contribution in [2.45, 2.75) is 32.5 Å². The molecule has 0 fully saturated rings. The lowest BCUT2D eigenvalue weighted by atomic mass is 10.00. The fraction of sp³-hybridized carbons (Fsp3) is 0.600. The van der Waals surface area contributed by atoms with Crippen LogP contribution < -0.4 is 5.32 Å². The molecule has 0 atom stereocenters. The molecule has 0 saturated carbocycles. The molecule has 1 N–H and O–H groups in total. The van der Waals surface area contributed by atoms with Gasteiger partial charge in [0, 0.05) is 7.05 Å². The molecule has 1 aromatic rings. The molecule has 3 nitrogen and oxygen atoms in total. The zero-order valence-electron chi connectivity index (χ0n) is 9.33. The SMILES string of the molecule is CNc1ccc(Cl)nn1.[B]CCCCC. The summed E-state index contributed by atoms with van der Waals surface area (Å²) >= 11 is 5.47. The van der Waals surface area contributed by atoms with Crippen LogP contribution in [0.15, 0.2) is 12.1 Å². The van der Waals surface area contributed by atoms with E-state index in [1.807, 2.05) is 0 Å². The molecule has 15 heavy (non-hydrogen) atoms. The molecule has 0 bridgehead atoms. The van der Waals surface area contributed by atoms with Gasteiger partial charge in [0.1, 0.15) is 5.82 Å². The smallest absolute Gasteiger partial charge is 0.151 e. The van der Waals surface area contributed by atoms with Crippen LogP contribution in [0.5, 0.6) is 0 Å². The fourth-order valence-electron chi connectivity index (χ4n) is 0.844. The fourth-order valence-corrected chi connectivity index (χ4v) is 0.944. The van der Waals surface area contributed by atoms with Gasteiger partial charge in [0.25, 0.3) is 0 Å². The highest BCUT2D eigenvalue weighted by atomic mass is 35.5. The van der Waals surface area contributed by atoms with Gasteiger partial charge in [-0.15, -0.1) is 10.2 Å². The van der Waals surface area contributed by atoms with Gasteiger partial charge in [-0.05, 0) is 12.1 Å². The summed E-state index contributed by atoms with van der Waals surface area (Å²) in [7, 11) is 6.99. The molecule has 0 unspecified atom stereocenters. The van der Waals surface area contributed by atoms with E-state index in [0.29, 0.717) is 5.15 Å². The van der Waals surface area contributed by atoms with Gasteiger partial charge >= 0.3 is 0 Å². The van der Waals surface area contributed by atoms with Crippen molar-refractivity contribution in [2.24, 2.45) is 0 Å². The van der Waals surface area contributed by atoms with Crippen LogP contribution >= 0.6 is 11.6 Å². The van der Waals surface area contributed by atoms with Crippen molar-refractivity contribution in [1.29, 1.82) is 0 Å². The van der Waals surface area contributed by atoms with Gasteiger partial charge < -0.3 is 5.32 Å². The molecule has 1 heterocycles. The van der Waals surface area contributed by atoms with Gasteiger partial charge in [-0.3, -0.25) is 0 Å². The molecule has 82 valence electrons. The predicted octanol–water partition coefficient (Wildman–Crippen LogP) is 2.94. The zero-order chi connectivity index (χ0) is 11.5. The Morgan fingerprint density at radius 1 is 1.33 bits per heavy atom. The van der Waals surface area contributed by atoms with Crippen molar-refractivity contribution in [3.05, 3.63) is 17.3 Å². The molecule has 0 aliphatic heterocycles. The van der Waals surface area contributed by atoms with Crippen LogP contribution in [0, 0.1) is 0 Å². The maximum absolute atomic E-state index is 5.47. The Kier molecular flexibility index (Phi) is 9.28. The second-order valence-electron chi connectivity index (χ2n) is 2.99. The zero-order valence-corrected chi connectivity index (χ0v) is 10.1. The quantitative estimate of drug-likeness (QED) is 0.632. The molecule has 0 amide bonds. The van der Waals surface area contributed by atoms with E-state index in [9.17, 15) is 0 Å². The molecule has 1 rings (SSSR count). The van der Waals surface area contributed by atoms with Crippen LogP contribution in [0.2, 0.25) is 11.5 Å². The lowest BCUT2D eigenvalue weighted by molar-refractivity contribution is 0.771. The third-order valence-corrected chi connectivity index (χ3v) is 1.90. The minimum atomic E-state index is 0.411. The Labute approximate surface area is 98.0 Å². The van der Waals surface area contributed by atoms with Gasteiger partial charge in [-0.1, -0.05) is 44.1 Å². The van der Waals surface area contributed by atoms with E-state index in [4.69, 9.17) is 19.4 Å². The monoisotopic (exact) mass is 225 g/mol. The number of aromatic nitrogens is 2. The Bertz CT molecular complexity index is 237. The summed E-state index contributed by atoms with van der Waals surface area (Å²) in [5, 5.41) is 10.5. The summed E-state index contributed by atoms with van der Waals surface area (Å²) in [5.74, 6) is 0.722. The number of nitrogens with one attached hydrogen (secondary N) is 1. The average molecular weight is 226 g/mol. The van der Waals surface area contributed by atoms with E-state index >= 15 is 0 Å². The van der Waals surface area contributed by atoms with Crippen molar-refractivity contribution in [3.8, 4) is 0 Å². The largest absolute Gasteiger partial charge is 0.372 e. The molecule has 0 saturated heterocycles. The van der Waals surface area contributed by atoms with Crippen LogP contribution in [0.4, 0.5) is 5.82 Å². The summed E-state index contributed by atoms with van der Waals surface area (Å²) in [6, 6.07) is 3.44. The second kappa shape index (κ2) is 9.78. The molecule has 0 spiro atoms. The highest BCUT2D eigenvalue weighted by Crippen LogP contribution is 2.04. The first-order valence-electron chi connectivity index (χ1n) is 5.11. The van der Waals surface area contributed by atoms with E-state index in [2.05, 4.69) is 22.4 Å². The molecular weight excluding hydrogens is 208 g/mol. The average Bonchev–Trinajstić information content (AvgIpc) is 2.28. The first-order chi connectivity index (χ1) is 7.24. The number of nitrogens with zero attached hydrogens (tertiary/aromatic N) is 2. The number of hydrogen-bond acceptors (Lipinski definition) is 3. The van der Waals surface area contributed by atoms with Crippen LogP contribution in [0.25, 0.3) is 0 Å². The second-order valence-corrected chi connectivity index (χ2v) is 3.37. The Hall–Kier alpha value is -0.765. The molecule has 1 aromatic heterocycles. The van der Waals surface area contributed by atoms with Gasteiger partial charge in [0.2, 0.25) is 0 Å². The number of hydrogen-bond donors (Lipinski definition) is 1. The lowest BCUT2D eigenvalue weighted by Crippen LogP contribution is -1.92. The molecular formula is C10H17BClN3. The molecule has 2 radical (unpaired) electrons. The van der Waals surface area contributed by atoms with Gasteiger partial charge in [-0.2, -0.15) is 0 Å². The maximum atomic E-state index is 5.47. The van der Waals surface area contributed by atoms with E-state index in [1.54, 1.807) is 19.2 Å². The van der Waals surface area contributed by atoms with E-state index < -0.39 is 0 Å². The minimum absolute atomic E-state index is 0.411. The van der Waals surface area contributed by atoms with Crippen molar-refractivity contribution in [1.82, 2.24) is 10.2 Å². The first-order valence-corrected chi connectivity index (χ1v) is 5.49. The molecule has 5 heteroatoms. The summed E-state index contributed by atoms with van der Waals surface area (Å²) in [4.78, 5) is 0. The third kappa shape index (κ3) is 8.24. The van der Waals surface area contributed by atoms with Crippen molar-refractivity contribution < 1.29 is 0 Å². The van der Waals surface area contributed by atoms with Gasteiger partial charge in [0.15, 0.2) is 5.15 Å². The van der Waals surface area contributed by atoms with E-state index in [0.717, 1.165) is 12.1 Å². The predicted molar refractivity (Wildman–Crippen MR) is 66.7 cm³/mol. The standard InChI is InChI=1S/C5H11B.C5H6ClN3/c1-2-3-4-5-6;1-7-5-3-2-4(6)8-9-5/h2-5H2,1H3;2-3H,1H3,(H,7,9). The Morgan fingerprint density at radius 3 is 2.40 bits per heavy atom. The summed E-state index contributed by atoms with van der Waals surface area (Å²) in [5.41, 5.74) is 0. The molecule has 0 aliphatic rings. The van der Waals surface area contributed by atoms with E-state index in [1.165, 1.54) is 19.3 Å². The van der Waals surface area contributed by atoms with Crippen molar-refractivity contribution in [3.63, 3.8) is 0 Å². The lowest BCUT2D eigenvalue weighted by Gasteiger charge is -1.93. The van der Waals surface area contributed by atoms with Gasteiger partial charge in [0.05, 0.1) is 7.85 Å². The van der Waals surface area contributed by atoms with Crippen LogP contribution in [0.3, 0.4) is 0 Å². The topological polar surface area (TPSA) is 37.8 Å². The Morgan fingerprint density at radius 2 is 2.07 bits per heavy atom. The minimum Gasteiger partial charge on any atom is -0.372 e. The Balaban J connectivity index is 0.000000288. The maximum Gasteiger partial charge on any atom is 0.151 e. The van der Waals surface area contributed by atoms with Crippen molar-refractivity contribution in [2.75, 3.05) is 12.4 Å². The highest BCUT2D eigenvalue weighted by molar-refractivity contribution is 6.29. The van der Waals surface area contributed by atoms with Crippen molar-refractivity contribution >= 4 is 25.3 Å². The number of rotatable bonds is 4. The number of anilines is 1. The summed E-state index contributed by atoms with van der Waals surface area (Å²) < 4.78 is 0. The highest BCUT2D eigenvalue weighted by Gasteiger charge is 1.88. The van der Waals surface area contributed by atoms with Crippen LogP contribution in [-0.2, 0) is 0 Å². The van der Waals surface area contributed by atoms with Gasteiger partial charge in [-0.25, -0.2) is 0 Å². The first kappa shape index (κ1) is 14.2. The van der Waals surface area contributed by atoms with E-state index in [-0.39, 0.29) is 0 Å². The summed E-state index contributed by atoms with van der Waals surface area (Å²) in [6.07, 6.45) is 4.61. The van der Waals surface area contributed by atoms with Crippen LogP contribution in [0.1, 0.15) is 26.2 Å². The third-order valence-electron chi connectivity index (χ3n) is 1.70. The number of halogens is 1. The molecule has 0 aliphatic carbocycles. The normalized spacial score (nSPS) is 9.00. The van der Waals surface area contributed by atoms with Crippen LogP contribution in [-0.4, -0.2) is 25.1 Å². The molecule has 0 aromatic carbocycles. The number of unbranched alkanes of at least 4 members (excludes halogenated alkanes) is 2.